The molecule has 2 saturated heterocycles. The third-order valence-electron chi connectivity index (χ3n) is 5.20. The van der Waals surface area contributed by atoms with E-state index in [2.05, 4.69) is 11.5 Å². The molecule has 2 heterocycles. The monoisotopic (exact) mass is 371 g/mol. The molecule has 0 spiro atoms. The van der Waals surface area contributed by atoms with Crippen molar-refractivity contribution in [2.45, 2.75) is 19.3 Å². The highest BCUT2D eigenvalue weighted by atomic mass is 16.5. The van der Waals surface area contributed by atoms with Crippen LogP contribution in [0.3, 0.4) is 0 Å². The Hall–Kier alpha value is -2.34. The molecule has 6 heteroatoms. The Morgan fingerprint density at radius 3 is 2.22 bits per heavy atom. The van der Waals surface area contributed by atoms with Crippen molar-refractivity contribution < 1.29 is 14.3 Å². The molecule has 0 atom stereocenters. The molecule has 0 bridgehead atoms. The third-order valence-corrected chi connectivity index (χ3v) is 5.20. The number of piperazine rings is 1. The summed E-state index contributed by atoms with van der Waals surface area (Å²) in [6, 6.07) is 7.22. The molecule has 0 N–H and O–H groups in total. The minimum absolute atomic E-state index is 0.0345. The summed E-state index contributed by atoms with van der Waals surface area (Å²) in [5.74, 6) is 0.990. The van der Waals surface area contributed by atoms with E-state index in [0.29, 0.717) is 31.8 Å². The summed E-state index contributed by atoms with van der Waals surface area (Å²) in [6.45, 7) is 9.12. The van der Waals surface area contributed by atoms with Gasteiger partial charge in [0.15, 0.2) is 0 Å². The highest BCUT2D eigenvalue weighted by Crippen LogP contribution is 2.15. The fourth-order valence-corrected chi connectivity index (χ4v) is 3.58. The van der Waals surface area contributed by atoms with Gasteiger partial charge >= 0.3 is 0 Å². The number of amides is 2. The third kappa shape index (κ3) is 5.32. The van der Waals surface area contributed by atoms with Crippen LogP contribution in [0.4, 0.5) is 0 Å². The maximum Gasteiger partial charge on any atom is 0.253 e. The van der Waals surface area contributed by atoms with Crippen molar-refractivity contribution in [1.82, 2.24) is 14.7 Å². The largest absolute Gasteiger partial charge is 0.490 e. The van der Waals surface area contributed by atoms with E-state index in [-0.39, 0.29) is 11.8 Å². The molecule has 2 aliphatic heterocycles. The zero-order chi connectivity index (χ0) is 19.1. The molecule has 3 rings (SSSR count). The van der Waals surface area contributed by atoms with Crippen molar-refractivity contribution >= 4 is 11.8 Å². The van der Waals surface area contributed by atoms with Crippen LogP contribution in [0.2, 0.25) is 0 Å². The average Bonchev–Trinajstić information content (AvgIpc) is 2.73. The van der Waals surface area contributed by atoms with Crippen molar-refractivity contribution in [2.24, 2.45) is 0 Å². The van der Waals surface area contributed by atoms with Gasteiger partial charge in [0.05, 0.1) is 6.54 Å². The Morgan fingerprint density at radius 2 is 1.59 bits per heavy atom. The highest BCUT2D eigenvalue weighted by molar-refractivity contribution is 5.94. The molecule has 0 saturated carbocycles. The molecule has 0 radical (unpaired) electrons. The van der Waals surface area contributed by atoms with Crippen LogP contribution in [0, 0.1) is 0 Å². The standard InChI is InChI=1S/C21H29N3O3/c1-2-16-27-19-8-6-18(7-9-19)21(26)24-14-12-22(13-15-24)17-20(25)23-10-4-3-5-11-23/h2,6-9H,1,3-5,10-17H2. The molecule has 0 aromatic heterocycles. The number of piperidine rings is 1. The maximum absolute atomic E-state index is 12.7. The minimum atomic E-state index is 0.0345. The van der Waals surface area contributed by atoms with Gasteiger partial charge in [-0.2, -0.15) is 0 Å². The molecule has 2 aliphatic rings. The molecule has 2 fully saturated rings. The molecule has 1 aromatic rings. The smallest absolute Gasteiger partial charge is 0.253 e. The predicted molar refractivity (Wildman–Crippen MR) is 105 cm³/mol. The van der Waals surface area contributed by atoms with E-state index in [1.165, 1.54) is 6.42 Å². The van der Waals surface area contributed by atoms with Gasteiger partial charge in [-0.3, -0.25) is 14.5 Å². The number of carbonyl (C=O) groups excluding carboxylic acids is 2. The number of likely N-dealkylation sites (tertiary alicyclic amines) is 1. The molecule has 2 amide bonds. The average molecular weight is 371 g/mol. The molecule has 6 nitrogen and oxygen atoms in total. The number of nitrogens with zero attached hydrogens (tertiary/aromatic N) is 3. The lowest BCUT2D eigenvalue weighted by molar-refractivity contribution is -0.133. The fraction of sp³-hybridized carbons (Fsp3) is 0.524. The Balaban J connectivity index is 1.46. The number of hydrogen-bond acceptors (Lipinski definition) is 4. The van der Waals surface area contributed by atoms with Crippen molar-refractivity contribution in [3.63, 3.8) is 0 Å². The zero-order valence-electron chi connectivity index (χ0n) is 15.9. The molecular weight excluding hydrogens is 342 g/mol. The first kappa shape index (κ1) is 19.4. The van der Waals surface area contributed by atoms with E-state index < -0.39 is 0 Å². The van der Waals surface area contributed by atoms with Gasteiger partial charge in [-0.1, -0.05) is 12.7 Å². The van der Waals surface area contributed by atoms with Crippen LogP contribution in [0.25, 0.3) is 0 Å². The van der Waals surface area contributed by atoms with Gasteiger partial charge in [-0.25, -0.2) is 0 Å². The van der Waals surface area contributed by atoms with Crippen LogP contribution in [0.1, 0.15) is 29.6 Å². The molecular formula is C21H29N3O3. The molecule has 1 aromatic carbocycles. The summed E-state index contributed by atoms with van der Waals surface area (Å²) in [5, 5.41) is 0. The van der Waals surface area contributed by atoms with Gasteiger partial charge in [-0.15, -0.1) is 0 Å². The van der Waals surface area contributed by atoms with Crippen LogP contribution in [-0.4, -0.2) is 78.9 Å². The number of ether oxygens (including phenoxy) is 1. The normalized spacial score (nSPS) is 18.2. The van der Waals surface area contributed by atoms with Gasteiger partial charge < -0.3 is 14.5 Å². The summed E-state index contributed by atoms with van der Waals surface area (Å²) < 4.78 is 5.45. The van der Waals surface area contributed by atoms with E-state index in [9.17, 15) is 9.59 Å². The lowest BCUT2D eigenvalue weighted by Gasteiger charge is -2.36. The molecule has 146 valence electrons. The Kier molecular flexibility index (Phi) is 6.87. The lowest BCUT2D eigenvalue weighted by atomic mass is 10.1. The van der Waals surface area contributed by atoms with Gasteiger partial charge in [0.25, 0.3) is 5.91 Å². The lowest BCUT2D eigenvalue weighted by Crippen LogP contribution is -2.52. The van der Waals surface area contributed by atoms with Crippen molar-refractivity contribution in [3.8, 4) is 5.75 Å². The number of carbonyl (C=O) groups is 2. The SMILES string of the molecule is C=CCOc1ccc(C(=O)N2CCN(CC(=O)N3CCCCC3)CC2)cc1. The first-order chi connectivity index (χ1) is 13.2. The topological polar surface area (TPSA) is 53.1 Å². The first-order valence-electron chi connectivity index (χ1n) is 9.80. The van der Waals surface area contributed by atoms with Crippen LogP contribution >= 0.6 is 0 Å². The highest BCUT2D eigenvalue weighted by Gasteiger charge is 2.25. The fourth-order valence-electron chi connectivity index (χ4n) is 3.58. The molecule has 27 heavy (non-hydrogen) atoms. The van der Waals surface area contributed by atoms with Crippen LogP contribution in [-0.2, 0) is 4.79 Å². The van der Waals surface area contributed by atoms with Crippen LogP contribution in [0.15, 0.2) is 36.9 Å². The first-order valence-corrected chi connectivity index (χ1v) is 9.80. The van der Waals surface area contributed by atoms with E-state index in [1.807, 2.05) is 21.9 Å². The van der Waals surface area contributed by atoms with E-state index >= 15 is 0 Å². The number of benzene rings is 1. The minimum Gasteiger partial charge on any atom is -0.490 e. The van der Waals surface area contributed by atoms with E-state index in [4.69, 9.17) is 4.74 Å². The van der Waals surface area contributed by atoms with Gasteiger partial charge in [0.2, 0.25) is 5.91 Å². The Morgan fingerprint density at radius 1 is 0.926 bits per heavy atom. The van der Waals surface area contributed by atoms with Crippen LogP contribution < -0.4 is 4.74 Å². The summed E-state index contributed by atoms with van der Waals surface area (Å²) in [6.07, 6.45) is 5.15. The second-order valence-corrected chi connectivity index (χ2v) is 7.13. The van der Waals surface area contributed by atoms with Gasteiger partial charge in [-0.05, 0) is 43.5 Å². The quantitative estimate of drug-likeness (QED) is 0.718. The Bertz CT molecular complexity index is 645. The van der Waals surface area contributed by atoms with Gasteiger partial charge in [0.1, 0.15) is 12.4 Å². The second kappa shape index (κ2) is 9.55. The number of rotatable bonds is 6. The van der Waals surface area contributed by atoms with Crippen molar-refractivity contribution in [3.05, 3.63) is 42.5 Å². The second-order valence-electron chi connectivity index (χ2n) is 7.13. The van der Waals surface area contributed by atoms with Gasteiger partial charge in [0, 0.05) is 44.8 Å². The zero-order valence-corrected chi connectivity index (χ0v) is 15.9. The summed E-state index contributed by atoms with van der Waals surface area (Å²) >= 11 is 0. The predicted octanol–water partition coefficient (Wildman–Crippen LogP) is 2.02. The summed E-state index contributed by atoms with van der Waals surface area (Å²) in [5.41, 5.74) is 0.666. The van der Waals surface area contributed by atoms with E-state index in [0.717, 1.165) is 44.8 Å². The number of hydrogen-bond donors (Lipinski definition) is 0. The molecule has 0 unspecified atom stereocenters. The molecule has 0 aliphatic carbocycles. The maximum atomic E-state index is 12.7. The van der Waals surface area contributed by atoms with E-state index in [1.54, 1.807) is 18.2 Å². The summed E-state index contributed by atoms with van der Waals surface area (Å²) in [7, 11) is 0. The Labute approximate surface area is 161 Å². The van der Waals surface area contributed by atoms with Crippen molar-refractivity contribution in [2.75, 3.05) is 52.4 Å². The van der Waals surface area contributed by atoms with Crippen molar-refractivity contribution in [1.29, 1.82) is 0 Å². The summed E-state index contributed by atoms with van der Waals surface area (Å²) in [4.78, 5) is 31.1. The van der Waals surface area contributed by atoms with Crippen LogP contribution in [0.5, 0.6) is 5.75 Å².